The summed E-state index contributed by atoms with van der Waals surface area (Å²) in [5, 5.41) is 30.8. The van der Waals surface area contributed by atoms with Gasteiger partial charge in [0.15, 0.2) is 6.29 Å². The first kappa shape index (κ1) is 67.1. The topological polar surface area (TPSA) is 178 Å². The van der Waals surface area contributed by atoms with E-state index in [0.717, 1.165) is 38.5 Å². The van der Waals surface area contributed by atoms with Crippen LogP contribution in [-0.4, -0.2) is 97.5 Å². The maximum atomic E-state index is 12.9. The fraction of sp³-hybridized carbons (Fsp3) is 0.982. The largest absolute Gasteiger partial charge is 0.457 e. The van der Waals surface area contributed by atoms with Crippen LogP contribution in [0.4, 0.5) is 0 Å². The maximum Gasteiger partial charge on any atom is 0.397 e. The second kappa shape index (κ2) is 49.0. The summed E-state index contributed by atoms with van der Waals surface area (Å²) in [4.78, 5) is 12.9. The van der Waals surface area contributed by atoms with E-state index in [0.29, 0.717) is 13.0 Å². The predicted octanol–water partition coefficient (Wildman–Crippen LogP) is 14.8. The molecule has 70 heavy (non-hydrogen) atoms. The summed E-state index contributed by atoms with van der Waals surface area (Å²) in [5.41, 5.74) is 0. The summed E-state index contributed by atoms with van der Waals surface area (Å²) < 4.78 is 59.4. The van der Waals surface area contributed by atoms with Gasteiger partial charge in [0.1, 0.15) is 30.5 Å². The minimum Gasteiger partial charge on any atom is -0.457 e. The molecule has 0 aliphatic carbocycles. The van der Waals surface area contributed by atoms with Gasteiger partial charge in [-0.25, -0.2) is 4.18 Å². The average molecular weight is 1020 g/mol. The van der Waals surface area contributed by atoms with Gasteiger partial charge in [0, 0.05) is 13.0 Å². The molecule has 13 heteroatoms. The standard InChI is InChI=1S/C57H112O12S/c1-3-5-7-9-11-13-15-17-19-21-22-23-24-25-26-27-28-29-31-33-35-37-39-41-43-45-47-65-49-51(50-66-57-55(61)56(69-70(62,63)64)54(60)52(48-58)68-57)67-53(59)46-44-42-40-38-36-34-32-30-20-18-16-14-12-10-8-6-4-2/h51-52,54-58,60-61H,3-50H2,1-2H3,(H,62,63,64). The first-order chi connectivity index (χ1) is 34.1. The number of esters is 1. The van der Waals surface area contributed by atoms with Crippen LogP contribution in [0.3, 0.4) is 0 Å². The van der Waals surface area contributed by atoms with Crippen molar-refractivity contribution in [3.63, 3.8) is 0 Å². The zero-order valence-corrected chi connectivity index (χ0v) is 46.2. The highest BCUT2D eigenvalue weighted by molar-refractivity contribution is 7.80. The molecule has 12 nitrogen and oxygen atoms in total. The van der Waals surface area contributed by atoms with Crippen LogP contribution in [-0.2, 0) is 38.3 Å². The molecule has 1 saturated heterocycles. The molecule has 0 radical (unpaired) electrons. The lowest BCUT2D eigenvalue weighted by molar-refractivity contribution is -0.301. The van der Waals surface area contributed by atoms with Crippen LogP contribution >= 0.6 is 0 Å². The molecule has 1 aliphatic rings. The third-order valence-corrected chi connectivity index (χ3v) is 14.7. The highest BCUT2D eigenvalue weighted by atomic mass is 32.3. The highest BCUT2D eigenvalue weighted by Crippen LogP contribution is 2.26. The number of unbranched alkanes of at least 4 members (excludes halogenated alkanes) is 41. The number of aliphatic hydroxyl groups is 3. The summed E-state index contributed by atoms with van der Waals surface area (Å²) in [6, 6.07) is 0. The van der Waals surface area contributed by atoms with Crippen molar-refractivity contribution in [1.82, 2.24) is 0 Å². The smallest absolute Gasteiger partial charge is 0.397 e. The predicted molar refractivity (Wildman–Crippen MR) is 285 cm³/mol. The minimum absolute atomic E-state index is 0.0457. The lowest BCUT2D eigenvalue weighted by Gasteiger charge is -2.41. The fourth-order valence-corrected chi connectivity index (χ4v) is 10.2. The number of rotatable bonds is 54. The van der Waals surface area contributed by atoms with E-state index in [-0.39, 0.29) is 25.6 Å². The van der Waals surface area contributed by atoms with Crippen molar-refractivity contribution in [2.45, 2.75) is 333 Å². The van der Waals surface area contributed by atoms with E-state index in [1.165, 1.54) is 231 Å². The van der Waals surface area contributed by atoms with Crippen LogP contribution in [0.15, 0.2) is 0 Å². The third kappa shape index (κ3) is 41.5. The van der Waals surface area contributed by atoms with E-state index in [1.807, 2.05) is 0 Å². The van der Waals surface area contributed by atoms with Crippen molar-refractivity contribution in [2.75, 3.05) is 26.4 Å². The van der Waals surface area contributed by atoms with Gasteiger partial charge in [-0.1, -0.05) is 277 Å². The van der Waals surface area contributed by atoms with Crippen LogP contribution in [0.5, 0.6) is 0 Å². The molecule has 1 aliphatic heterocycles. The average Bonchev–Trinajstić information content (AvgIpc) is 3.34. The number of hydrogen-bond donors (Lipinski definition) is 4. The van der Waals surface area contributed by atoms with E-state index in [9.17, 15) is 33.1 Å². The normalized spacial score (nSPS) is 19.0. The second-order valence-corrected chi connectivity index (χ2v) is 22.0. The monoisotopic (exact) mass is 1020 g/mol. The molecule has 4 N–H and O–H groups in total. The number of hydrogen-bond acceptors (Lipinski definition) is 11. The second-order valence-electron chi connectivity index (χ2n) is 21.0. The van der Waals surface area contributed by atoms with Crippen molar-refractivity contribution < 1.29 is 56.2 Å². The molecule has 0 bridgehead atoms. The van der Waals surface area contributed by atoms with Gasteiger partial charge in [0.05, 0.1) is 19.8 Å². The Balaban J connectivity index is 2.23. The zero-order chi connectivity index (χ0) is 51.0. The first-order valence-electron chi connectivity index (χ1n) is 29.8. The third-order valence-electron chi connectivity index (χ3n) is 14.2. The molecule has 0 saturated carbocycles. The summed E-state index contributed by atoms with van der Waals surface area (Å²) in [7, 11) is -5.06. The van der Waals surface area contributed by atoms with E-state index >= 15 is 0 Å². The van der Waals surface area contributed by atoms with E-state index in [4.69, 9.17) is 18.9 Å². The van der Waals surface area contributed by atoms with E-state index in [1.54, 1.807) is 0 Å². The summed E-state index contributed by atoms with van der Waals surface area (Å²) in [5.74, 6) is -0.389. The lowest BCUT2D eigenvalue weighted by Crippen LogP contribution is -2.60. The maximum absolute atomic E-state index is 12.9. The number of ether oxygens (including phenoxy) is 4. The Labute approximate surface area is 430 Å². The van der Waals surface area contributed by atoms with Crippen LogP contribution in [0.1, 0.15) is 296 Å². The van der Waals surface area contributed by atoms with Gasteiger partial charge < -0.3 is 34.3 Å². The van der Waals surface area contributed by atoms with Gasteiger partial charge >= 0.3 is 16.4 Å². The molecular formula is C57H112O12S. The summed E-state index contributed by atoms with van der Waals surface area (Å²) >= 11 is 0. The molecule has 0 aromatic rings. The van der Waals surface area contributed by atoms with Gasteiger partial charge in [-0.05, 0) is 12.8 Å². The Morgan fingerprint density at radius 3 is 1.14 bits per heavy atom. The van der Waals surface area contributed by atoms with E-state index in [2.05, 4.69) is 18.0 Å². The molecule has 1 fully saturated rings. The van der Waals surface area contributed by atoms with Gasteiger partial charge in [-0.2, -0.15) is 8.42 Å². The number of aliphatic hydroxyl groups excluding tert-OH is 3. The van der Waals surface area contributed by atoms with Crippen LogP contribution in [0, 0.1) is 0 Å². The molecule has 6 atom stereocenters. The van der Waals surface area contributed by atoms with Gasteiger partial charge in [-0.15, -0.1) is 0 Å². The lowest BCUT2D eigenvalue weighted by atomic mass is 9.99. The SMILES string of the molecule is CCCCCCCCCCCCCCCCCCCCCCCCCCCCOCC(COC1OC(CO)C(O)C(OS(=O)(=O)O)C1O)OC(=O)CCCCCCCCCCCCCCCCCCC. The van der Waals surface area contributed by atoms with Crippen LogP contribution in [0.2, 0.25) is 0 Å². The summed E-state index contributed by atoms with van der Waals surface area (Å²) in [6.07, 6.45) is 47.2. The Morgan fingerprint density at radius 2 is 0.814 bits per heavy atom. The van der Waals surface area contributed by atoms with Gasteiger partial charge in [0.25, 0.3) is 0 Å². The minimum atomic E-state index is -5.06. The van der Waals surface area contributed by atoms with Crippen molar-refractivity contribution >= 4 is 16.4 Å². The Kier molecular flexibility index (Phi) is 47.0. The first-order valence-corrected chi connectivity index (χ1v) is 31.2. The van der Waals surface area contributed by atoms with Crippen molar-refractivity contribution in [1.29, 1.82) is 0 Å². The van der Waals surface area contributed by atoms with Crippen LogP contribution in [0.25, 0.3) is 0 Å². The Bertz CT molecular complexity index is 1220. The Hall–Kier alpha value is -0.900. The molecule has 0 spiro atoms. The molecule has 1 heterocycles. The van der Waals surface area contributed by atoms with Crippen molar-refractivity contribution in [3.05, 3.63) is 0 Å². The molecule has 0 amide bonds. The van der Waals surface area contributed by atoms with Crippen molar-refractivity contribution in [2.24, 2.45) is 0 Å². The molecule has 1 rings (SSSR count). The Morgan fingerprint density at radius 1 is 0.486 bits per heavy atom. The molecule has 418 valence electrons. The van der Waals surface area contributed by atoms with Gasteiger partial charge in [-0.3, -0.25) is 9.35 Å². The van der Waals surface area contributed by atoms with E-state index < -0.39 is 53.8 Å². The highest BCUT2D eigenvalue weighted by Gasteiger charge is 2.48. The molecule has 6 unspecified atom stereocenters. The molecular weight excluding hydrogens is 909 g/mol. The molecule has 0 aromatic heterocycles. The number of carbonyl (C=O) groups excluding carboxylic acids is 1. The summed E-state index contributed by atoms with van der Waals surface area (Å²) in [6.45, 7) is 4.08. The zero-order valence-electron chi connectivity index (χ0n) is 45.4. The molecule has 0 aromatic carbocycles. The van der Waals surface area contributed by atoms with Crippen LogP contribution < -0.4 is 0 Å². The number of carbonyl (C=O) groups is 1. The van der Waals surface area contributed by atoms with Crippen molar-refractivity contribution in [3.8, 4) is 0 Å². The van der Waals surface area contributed by atoms with Gasteiger partial charge in [0.2, 0.25) is 0 Å². The quantitative estimate of drug-likeness (QED) is 0.0258. The fourth-order valence-electron chi connectivity index (χ4n) is 9.74.